The Kier molecular flexibility index (Phi) is 6.92. The molecule has 0 aliphatic rings. The number of halogens is 1. The van der Waals surface area contributed by atoms with Crippen molar-refractivity contribution in [2.75, 3.05) is 13.1 Å². The van der Waals surface area contributed by atoms with E-state index in [-0.39, 0.29) is 23.7 Å². The molecular weight excluding hydrogens is 240 g/mol. The maximum Gasteiger partial charge on any atom is 0.225 e. The highest BCUT2D eigenvalue weighted by molar-refractivity contribution is 5.85. The van der Waals surface area contributed by atoms with Crippen LogP contribution in [0.1, 0.15) is 26.5 Å². The molecule has 0 aliphatic heterocycles. The molecule has 1 aromatic heterocycles. The van der Waals surface area contributed by atoms with Crippen molar-refractivity contribution in [2.24, 2.45) is 5.41 Å². The summed E-state index contributed by atoms with van der Waals surface area (Å²) in [6.07, 6.45) is 1.65. The standard InChI is InChI=1S/C12H20N2O2.ClH/c1-12(2,3)11(15)14-7-6-13-9-10-5-4-8-16-10;/h4-5,8,13H,6-7,9H2,1-3H3,(H,14,15);1H. The molecule has 0 unspecified atom stereocenters. The maximum atomic E-state index is 11.5. The van der Waals surface area contributed by atoms with Crippen molar-refractivity contribution >= 4 is 18.3 Å². The molecule has 5 heteroatoms. The quantitative estimate of drug-likeness (QED) is 0.796. The van der Waals surface area contributed by atoms with Gasteiger partial charge in [0.2, 0.25) is 5.91 Å². The lowest BCUT2D eigenvalue weighted by atomic mass is 9.96. The van der Waals surface area contributed by atoms with Gasteiger partial charge in [-0.15, -0.1) is 12.4 Å². The van der Waals surface area contributed by atoms with Crippen molar-refractivity contribution in [3.8, 4) is 0 Å². The minimum absolute atomic E-state index is 0. The first-order valence-corrected chi connectivity index (χ1v) is 5.51. The zero-order valence-corrected chi connectivity index (χ0v) is 11.4. The number of rotatable bonds is 5. The zero-order valence-electron chi connectivity index (χ0n) is 10.6. The van der Waals surface area contributed by atoms with Gasteiger partial charge < -0.3 is 15.1 Å². The van der Waals surface area contributed by atoms with Crippen LogP contribution in [-0.2, 0) is 11.3 Å². The van der Waals surface area contributed by atoms with Gasteiger partial charge in [0.15, 0.2) is 0 Å². The fourth-order valence-corrected chi connectivity index (χ4v) is 1.15. The van der Waals surface area contributed by atoms with E-state index in [2.05, 4.69) is 10.6 Å². The smallest absolute Gasteiger partial charge is 0.225 e. The number of hydrogen-bond donors (Lipinski definition) is 2. The van der Waals surface area contributed by atoms with E-state index in [1.807, 2.05) is 32.9 Å². The summed E-state index contributed by atoms with van der Waals surface area (Å²) in [5.74, 6) is 0.981. The van der Waals surface area contributed by atoms with Gasteiger partial charge in [0, 0.05) is 18.5 Å². The monoisotopic (exact) mass is 260 g/mol. The van der Waals surface area contributed by atoms with E-state index in [9.17, 15) is 4.79 Å². The number of nitrogens with one attached hydrogen (secondary N) is 2. The predicted molar refractivity (Wildman–Crippen MR) is 70.1 cm³/mol. The fourth-order valence-electron chi connectivity index (χ4n) is 1.15. The van der Waals surface area contributed by atoms with Gasteiger partial charge in [-0.1, -0.05) is 20.8 Å². The molecule has 0 radical (unpaired) electrons. The van der Waals surface area contributed by atoms with Crippen LogP contribution in [0.15, 0.2) is 22.8 Å². The Bertz CT molecular complexity index is 318. The van der Waals surface area contributed by atoms with Gasteiger partial charge in [-0.05, 0) is 12.1 Å². The van der Waals surface area contributed by atoms with Crippen molar-refractivity contribution in [1.82, 2.24) is 10.6 Å². The van der Waals surface area contributed by atoms with E-state index in [1.54, 1.807) is 6.26 Å². The fraction of sp³-hybridized carbons (Fsp3) is 0.583. The first-order chi connectivity index (χ1) is 7.50. The molecular formula is C12H21ClN2O2. The molecule has 1 aromatic rings. The van der Waals surface area contributed by atoms with Gasteiger partial charge >= 0.3 is 0 Å². The molecule has 0 atom stereocenters. The van der Waals surface area contributed by atoms with E-state index in [4.69, 9.17) is 4.42 Å². The molecule has 0 spiro atoms. The minimum atomic E-state index is -0.318. The van der Waals surface area contributed by atoms with Crippen molar-refractivity contribution in [3.05, 3.63) is 24.2 Å². The number of carbonyl (C=O) groups excluding carboxylic acids is 1. The molecule has 1 amide bonds. The Morgan fingerprint density at radius 2 is 2.06 bits per heavy atom. The van der Waals surface area contributed by atoms with E-state index in [1.165, 1.54) is 0 Å². The summed E-state index contributed by atoms with van der Waals surface area (Å²) in [7, 11) is 0. The lowest BCUT2D eigenvalue weighted by Gasteiger charge is -2.17. The average Bonchev–Trinajstić information content (AvgIpc) is 2.68. The third-order valence-electron chi connectivity index (χ3n) is 2.15. The van der Waals surface area contributed by atoms with Gasteiger partial charge in [-0.2, -0.15) is 0 Å². The van der Waals surface area contributed by atoms with Crippen molar-refractivity contribution < 1.29 is 9.21 Å². The first-order valence-electron chi connectivity index (χ1n) is 5.51. The van der Waals surface area contributed by atoms with Gasteiger partial charge in [-0.3, -0.25) is 4.79 Å². The van der Waals surface area contributed by atoms with Gasteiger partial charge in [0.25, 0.3) is 0 Å². The molecule has 2 N–H and O–H groups in total. The molecule has 0 fully saturated rings. The van der Waals surface area contributed by atoms with Crippen LogP contribution < -0.4 is 10.6 Å². The highest BCUT2D eigenvalue weighted by Crippen LogP contribution is 2.11. The number of hydrogen-bond acceptors (Lipinski definition) is 3. The molecule has 0 aliphatic carbocycles. The van der Waals surface area contributed by atoms with Crippen LogP contribution in [-0.4, -0.2) is 19.0 Å². The molecule has 98 valence electrons. The van der Waals surface area contributed by atoms with Crippen molar-refractivity contribution in [3.63, 3.8) is 0 Å². The van der Waals surface area contributed by atoms with Crippen LogP contribution in [0.4, 0.5) is 0 Å². The lowest BCUT2D eigenvalue weighted by Crippen LogP contribution is -2.38. The first kappa shape index (κ1) is 16.0. The molecule has 0 saturated carbocycles. The highest BCUT2D eigenvalue weighted by atomic mass is 35.5. The largest absolute Gasteiger partial charge is 0.468 e. The van der Waals surface area contributed by atoms with E-state index < -0.39 is 0 Å². The van der Waals surface area contributed by atoms with Crippen LogP contribution in [0.25, 0.3) is 0 Å². The average molecular weight is 261 g/mol. The molecule has 17 heavy (non-hydrogen) atoms. The Morgan fingerprint density at radius 1 is 1.35 bits per heavy atom. The van der Waals surface area contributed by atoms with Crippen LogP contribution in [0.5, 0.6) is 0 Å². The van der Waals surface area contributed by atoms with E-state index in [0.717, 1.165) is 12.3 Å². The van der Waals surface area contributed by atoms with Gasteiger partial charge in [-0.25, -0.2) is 0 Å². The summed E-state index contributed by atoms with van der Waals surface area (Å²) in [5.41, 5.74) is -0.318. The van der Waals surface area contributed by atoms with E-state index in [0.29, 0.717) is 13.1 Å². The second kappa shape index (κ2) is 7.35. The number of carbonyl (C=O) groups is 1. The number of furan rings is 1. The lowest BCUT2D eigenvalue weighted by molar-refractivity contribution is -0.128. The normalized spacial score (nSPS) is 10.8. The van der Waals surface area contributed by atoms with Gasteiger partial charge in [0.05, 0.1) is 12.8 Å². The second-order valence-corrected chi connectivity index (χ2v) is 4.76. The Hall–Kier alpha value is -1.00. The highest BCUT2D eigenvalue weighted by Gasteiger charge is 2.19. The van der Waals surface area contributed by atoms with Crippen molar-refractivity contribution in [1.29, 1.82) is 0 Å². The van der Waals surface area contributed by atoms with Crippen LogP contribution >= 0.6 is 12.4 Å². The van der Waals surface area contributed by atoms with E-state index >= 15 is 0 Å². The van der Waals surface area contributed by atoms with Gasteiger partial charge in [0.1, 0.15) is 5.76 Å². The third kappa shape index (κ3) is 6.34. The molecule has 0 aromatic carbocycles. The van der Waals surface area contributed by atoms with Crippen LogP contribution in [0.3, 0.4) is 0 Å². The Morgan fingerprint density at radius 3 is 2.59 bits per heavy atom. The summed E-state index contributed by atoms with van der Waals surface area (Å²) >= 11 is 0. The third-order valence-corrected chi connectivity index (χ3v) is 2.15. The summed E-state index contributed by atoms with van der Waals surface area (Å²) < 4.78 is 5.17. The molecule has 1 heterocycles. The Labute approximate surface area is 109 Å². The predicted octanol–water partition coefficient (Wildman–Crippen LogP) is 1.95. The zero-order chi connectivity index (χ0) is 12.0. The maximum absolute atomic E-state index is 11.5. The Balaban J connectivity index is 0.00000256. The van der Waals surface area contributed by atoms with Crippen molar-refractivity contribution in [2.45, 2.75) is 27.3 Å². The molecule has 1 rings (SSSR count). The molecule has 0 saturated heterocycles. The van der Waals surface area contributed by atoms with Crippen LogP contribution in [0.2, 0.25) is 0 Å². The summed E-state index contributed by atoms with van der Waals surface area (Å²) in [6, 6.07) is 3.78. The molecule has 0 bridgehead atoms. The van der Waals surface area contributed by atoms with Crippen LogP contribution in [0, 0.1) is 5.41 Å². The summed E-state index contributed by atoms with van der Waals surface area (Å²) in [6.45, 7) is 7.77. The second-order valence-electron chi connectivity index (χ2n) is 4.76. The number of amides is 1. The molecule has 4 nitrogen and oxygen atoms in total. The minimum Gasteiger partial charge on any atom is -0.468 e. The topological polar surface area (TPSA) is 54.3 Å². The SMILES string of the molecule is CC(C)(C)C(=O)NCCNCc1ccco1.Cl. The summed E-state index contributed by atoms with van der Waals surface area (Å²) in [4.78, 5) is 11.5. The summed E-state index contributed by atoms with van der Waals surface area (Å²) in [5, 5.41) is 6.06.